The molecule has 2 atom stereocenters. The Balaban J connectivity index is 2.54. The van der Waals surface area contributed by atoms with E-state index >= 15 is 0 Å². The largest absolute Gasteiger partial charge is 0.467 e. The highest BCUT2D eigenvalue weighted by molar-refractivity contribution is 5.82. The van der Waals surface area contributed by atoms with Crippen LogP contribution in [0.25, 0.3) is 0 Å². The quantitative estimate of drug-likeness (QED) is 0.493. The minimum absolute atomic E-state index is 0.0240. The summed E-state index contributed by atoms with van der Waals surface area (Å²) in [6.07, 6.45) is -1.74. The third-order valence-corrected chi connectivity index (χ3v) is 3.50. The van der Waals surface area contributed by atoms with Gasteiger partial charge in [0.1, 0.15) is 6.10 Å². The van der Waals surface area contributed by atoms with E-state index in [-0.39, 0.29) is 16.8 Å². The number of nitro groups is 1. The van der Waals surface area contributed by atoms with Crippen LogP contribution in [0, 0.1) is 10.1 Å². The Bertz CT molecular complexity index is 718. The summed E-state index contributed by atoms with van der Waals surface area (Å²) >= 11 is 0. The Labute approximate surface area is 131 Å². The summed E-state index contributed by atoms with van der Waals surface area (Å²) < 4.78 is 4.61. The van der Waals surface area contributed by atoms with Crippen molar-refractivity contribution in [1.82, 2.24) is 0 Å². The van der Waals surface area contributed by atoms with Gasteiger partial charge in [0.15, 0.2) is 0 Å². The fraction of sp³-hybridized carbons (Fsp3) is 0.188. The number of hydrogen-bond acceptors (Lipinski definition) is 6. The number of benzene rings is 2. The highest BCUT2D eigenvalue weighted by Gasteiger charge is 2.47. The molecular weight excluding hydrogens is 302 g/mol. The van der Waals surface area contributed by atoms with Gasteiger partial charge in [-0.05, 0) is 11.1 Å². The van der Waals surface area contributed by atoms with Crippen molar-refractivity contribution in [2.75, 3.05) is 7.11 Å². The molecule has 0 radical (unpaired) electrons. The number of rotatable bonds is 5. The van der Waals surface area contributed by atoms with Crippen LogP contribution in [0.15, 0.2) is 54.6 Å². The summed E-state index contributed by atoms with van der Waals surface area (Å²) in [5.41, 5.74) is -2.51. The van der Waals surface area contributed by atoms with Gasteiger partial charge >= 0.3 is 5.97 Å². The summed E-state index contributed by atoms with van der Waals surface area (Å²) in [6.45, 7) is 0. The third-order valence-electron chi connectivity index (χ3n) is 3.50. The number of ether oxygens (including phenoxy) is 1. The van der Waals surface area contributed by atoms with Gasteiger partial charge in [-0.1, -0.05) is 42.5 Å². The van der Waals surface area contributed by atoms with Crippen LogP contribution in [0.3, 0.4) is 0 Å². The number of esters is 1. The summed E-state index contributed by atoms with van der Waals surface area (Å²) in [5, 5.41) is 32.2. The first-order chi connectivity index (χ1) is 10.9. The third kappa shape index (κ3) is 3.05. The minimum atomic E-state index is -2.38. The van der Waals surface area contributed by atoms with Gasteiger partial charge in [-0.25, -0.2) is 4.79 Å². The Kier molecular flexibility index (Phi) is 4.73. The second kappa shape index (κ2) is 6.55. The van der Waals surface area contributed by atoms with Gasteiger partial charge in [0, 0.05) is 12.1 Å². The van der Waals surface area contributed by atoms with Gasteiger partial charge in [-0.3, -0.25) is 10.1 Å². The predicted molar refractivity (Wildman–Crippen MR) is 80.4 cm³/mol. The maximum absolute atomic E-state index is 12.1. The maximum atomic E-state index is 12.1. The van der Waals surface area contributed by atoms with Gasteiger partial charge < -0.3 is 14.9 Å². The molecule has 0 aromatic heterocycles. The molecule has 23 heavy (non-hydrogen) atoms. The zero-order chi connectivity index (χ0) is 17.0. The molecule has 7 heteroatoms. The Hall–Kier alpha value is -2.77. The monoisotopic (exact) mass is 317 g/mol. The van der Waals surface area contributed by atoms with Gasteiger partial charge in [-0.2, -0.15) is 0 Å². The highest BCUT2D eigenvalue weighted by atomic mass is 16.6. The van der Waals surface area contributed by atoms with Crippen LogP contribution in [0.4, 0.5) is 5.69 Å². The number of methoxy groups -OCH3 is 1. The normalized spacial score (nSPS) is 14.6. The summed E-state index contributed by atoms with van der Waals surface area (Å²) in [4.78, 5) is 22.3. The molecule has 0 aliphatic heterocycles. The van der Waals surface area contributed by atoms with Crippen molar-refractivity contribution in [2.45, 2.75) is 11.7 Å². The van der Waals surface area contributed by atoms with Gasteiger partial charge in [0.25, 0.3) is 5.69 Å². The molecule has 0 aliphatic rings. The smallest absolute Gasteiger partial charge is 0.345 e. The fourth-order valence-corrected chi connectivity index (χ4v) is 2.28. The van der Waals surface area contributed by atoms with E-state index in [1.807, 2.05) is 0 Å². The molecule has 0 amide bonds. The topological polar surface area (TPSA) is 110 Å². The number of nitrogens with zero attached hydrogens (tertiary/aromatic N) is 1. The molecule has 2 unspecified atom stereocenters. The Morgan fingerprint density at radius 3 is 2.43 bits per heavy atom. The van der Waals surface area contributed by atoms with E-state index in [1.54, 1.807) is 18.2 Å². The molecule has 0 bridgehead atoms. The van der Waals surface area contributed by atoms with Crippen LogP contribution in [-0.4, -0.2) is 28.2 Å². The Morgan fingerprint density at radius 2 is 1.87 bits per heavy atom. The van der Waals surface area contributed by atoms with E-state index in [9.17, 15) is 25.1 Å². The average molecular weight is 317 g/mol. The number of carbonyl (C=O) groups is 1. The molecule has 120 valence electrons. The van der Waals surface area contributed by atoms with Gasteiger partial charge in [0.05, 0.1) is 12.0 Å². The standard InChI is InChI=1S/C16H15NO6/c1-23-15(19)16(20,12-7-3-2-4-8-12)14(18)11-6-5-9-13(10-11)17(21)22/h2-10,14,18,20H,1H3. The summed E-state index contributed by atoms with van der Waals surface area (Å²) in [7, 11) is 1.08. The zero-order valence-corrected chi connectivity index (χ0v) is 12.2. The van der Waals surface area contributed by atoms with Crippen LogP contribution in [0.1, 0.15) is 17.2 Å². The lowest BCUT2D eigenvalue weighted by molar-refractivity contribution is -0.385. The number of aliphatic hydroxyl groups excluding tert-OH is 1. The minimum Gasteiger partial charge on any atom is -0.467 e. The maximum Gasteiger partial charge on any atom is 0.345 e. The van der Waals surface area contributed by atoms with Crippen molar-refractivity contribution >= 4 is 11.7 Å². The molecule has 0 fully saturated rings. The zero-order valence-electron chi connectivity index (χ0n) is 12.2. The van der Waals surface area contributed by atoms with Crippen molar-refractivity contribution < 1.29 is 24.7 Å². The van der Waals surface area contributed by atoms with Gasteiger partial charge in [-0.15, -0.1) is 0 Å². The number of aliphatic hydroxyl groups is 2. The highest BCUT2D eigenvalue weighted by Crippen LogP contribution is 2.37. The van der Waals surface area contributed by atoms with Crippen molar-refractivity contribution in [2.24, 2.45) is 0 Å². The number of nitro benzene ring substituents is 1. The predicted octanol–water partition coefficient (Wildman–Crippen LogP) is 1.69. The van der Waals surface area contributed by atoms with Crippen molar-refractivity contribution in [1.29, 1.82) is 0 Å². The molecule has 0 spiro atoms. The molecule has 2 rings (SSSR count). The number of non-ortho nitro benzene ring substituents is 1. The second-order valence-corrected chi connectivity index (χ2v) is 4.88. The van der Waals surface area contributed by atoms with Crippen molar-refractivity contribution in [3.8, 4) is 0 Å². The van der Waals surface area contributed by atoms with Crippen LogP contribution in [-0.2, 0) is 15.1 Å². The molecule has 0 saturated carbocycles. The second-order valence-electron chi connectivity index (χ2n) is 4.88. The molecule has 2 aromatic rings. The molecule has 2 N–H and O–H groups in total. The molecule has 0 aliphatic carbocycles. The summed E-state index contributed by atoms with van der Waals surface area (Å²) in [6, 6.07) is 12.9. The fourth-order valence-electron chi connectivity index (χ4n) is 2.28. The lowest BCUT2D eigenvalue weighted by Crippen LogP contribution is -2.42. The average Bonchev–Trinajstić information content (AvgIpc) is 2.60. The van der Waals surface area contributed by atoms with Gasteiger partial charge in [0.2, 0.25) is 5.60 Å². The van der Waals surface area contributed by atoms with Crippen LogP contribution < -0.4 is 0 Å². The SMILES string of the molecule is COC(=O)C(O)(c1ccccc1)C(O)c1cccc([N+](=O)[O-])c1. The summed E-state index contributed by atoms with van der Waals surface area (Å²) in [5.74, 6) is -1.07. The molecule has 0 saturated heterocycles. The first-order valence-electron chi connectivity index (χ1n) is 6.70. The van der Waals surface area contributed by atoms with E-state index in [0.717, 1.165) is 13.2 Å². The van der Waals surface area contributed by atoms with Crippen LogP contribution >= 0.6 is 0 Å². The first kappa shape index (κ1) is 16.6. The lowest BCUT2D eigenvalue weighted by atomic mass is 9.84. The van der Waals surface area contributed by atoms with Crippen molar-refractivity contribution in [3.05, 3.63) is 75.8 Å². The molecular formula is C16H15NO6. The number of carbonyl (C=O) groups excluding carboxylic acids is 1. The first-order valence-corrected chi connectivity index (χ1v) is 6.70. The van der Waals surface area contributed by atoms with E-state index < -0.39 is 22.6 Å². The molecule has 2 aromatic carbocycles. The number of hydrogen-bond donors (Lipinski definition) is 2. The molecule has 0 heterocycles. The van der Waals surface area contributed by atoms with E-state index in [0.29, 0.717) is 0 Å². The van der Waals surface area contributed by atoms with Crippen molar-refractivity contribution in [3.63, 3.8) is 0 Å². The molecule has 7 nitrogen and oxygen atoms in total. The van der Waals surface area contributed by atoms with E-state index in [1.165, 1.54) is 30.3 Å². The van der Waals surface area contributed by atoms with E-state index in [4.69, 9.17) is 0 Å². The van der Waals surface area contributed by atoms with Crippen LogP contribution in [0.2, 0.25) is 0 Å². The Morgan fingerprint density at radius 1 is 1.22 bits per heavy atom. The lowest BCUT2D eigenvalue weighted by Gasteiger charge is -2.30. The van der Waals surface area contributed by atoms with E-state index in [2.05, 4.69) is 4.74 Å². The van der Waals surface area contributed by atoms with Crippen LogP contribution in [0.5, 0.6) is 0 Å².